The normalized spacial score (nSPS) is 14.1. The van der Waals surface area contributed by atoms with E-state index in [-0.39, 0.29) is 17.4 Å². The maximum absolute atomic E-state index is 13.0. The second-order valence-electron chi connectivity index (χ2n) is 8.83. The van der Waals surface area contributed by atoms with E-state index in [0.29, 0.717) is 22.7 Å². The number of ether oxygens (including phenoxy) is 1. The SMILES string of the molecule is Cc1cc(C)c(NC(=O)CN2C(=O)S/C(=C/c3ccccc3OCC(=O)Nc3ccccc3)C2=O)c(C)c1. The van der Waals surface area contributed by atoms with Crippen LogP contribution < -0.4 is 15.4 Å². The lowest BCUT2D eigenvalue weighted by Gasteiger charge is -2.16. The molecule has 1 heterocycles. The maximum Gasteiger partial charge on any atom is 0.294 e. The topological polar surface area (TPSA) is 105 Å². The lowest BCUT2D eigenvalue weighted by molar-refractivity contribution is -0.127. The lowest BCUT2D eigenvalue weighted by atomic mass is 10.1. The summed E-state index contributed by atoms with van der Waals surface area (Å²) in [5.41, 5.74) is 4.74. The van der Waals surface area contributed by atoms with Crippen molar-refractivity contribution in [2.24, 2.45) is 0 Å². The molecule has 1 aliphatic rings. The molecule has 1 aliphatic heterocycles. The molecule has 194 valence electrons. The van der Waals surface area contributed by atoms with Gasteiger partial charge in [-0.25, -0.2) is 0 Å². The smallest absolute Gasteiger partial charge is 0.294 e. The molecule has 0 radical (unpaired) electrons. The van der Waals surface area contributed by atoms with Gasteiger partial charge in [0, 0.05) is 16.9 Å². The van der Waals surface area contributed by atoms with E-state index in [1.165, 1.54) is 6.08 Å². The molecule has 3 aromatic carbocycles. The zero-order valence-electron chi connectivity index (χ0n) is 21.2. The number of imide groups is 1. The summed E-state index contributed by atoms with van der Waals surface area (Å²) in [4.78, 5) is 51.6. The third-order valence-electron chi connectivity index (χ3n) is 5.74. The average molecular weight is 530 g/mol. The Morgan fingerprint density at radius 3 is 2.26 bits per heavy atom. The molecule has 3 aromatic rings. The van der Waals surface area contributed by atoms with Crippen LogP contribution in [0.5, 0.6) is 5.75 Å². The fourth-order valence-electron chi connectivity index (χ4n) is 4.07. The number of benzene rings is 3. The van der Waals surface area contributed by atoms with Crippen molar-refractivity contribution >= 4 is 52.2 Å². The third kappa shape index (κ3) is 6.49. The van der Waals surface area contributed by atoms with Crippen LogP contribution >= 0.6 is 11.8 Å². The standard InChI is InChI=1S/C29H27N3O5S/c1-18-13-19(2)27(20(3)14-18)31-25(33)16-32-28(35)24(38-29(32)36)15-21-9-7-8-12-23(21)37-17-26(34)30-22-10-5-4-6-11-22/h4-15H,16-17H2,1-3H3,(H,30,34)(H,31,33)/b24-15+. The van der Waals surface area contributed by atoms with Crippen LogP contribution in [0.2, 0.25) is 0 Å². The van der Waals surface area contributed by atoms with Crippen molar-refractivity contribution in [1.29, 1.82) is 0 Å². The van der Waals surface area contributed by atoms with Crippen molar-refractivity contribution in [2.45, 2.75) is 20.8 Å². The van der Waals surface area contributed by atoms with Crippen LogP contribution in [-0.4, -0.2) is 41.0 Å². The van der Waals surface area contributed by atoms with Crippen LogP contribution in [0.25, 0.3) is 6.08 Å². The van der Waals surface area contributed by atoms with Crippen LogP contribution in [0.15, 0.2) is 71.6 Å². The largest absolute Gasteiger partial charge is 0.483 e. The van der Waals surface area contributed by atoms with Gasteiger partial charge >= 0.3 is 0 Å². The Balaban J connectivity index is 1.42. The van der Waals surface area contributed by atoms with Gasteiger partial charge in [0.1, 0.15) is 12.3 Å². The number of carbonyl (C=O) groups is 4. The van der Waals surface area contributed by atoms with Gasteiger partial charge in [0.25, 0.3) is 17.1 Å². The van der Waals surface area contributed by atoms with Crippen LogP contribution in [0.3, 0.4) is 0 Å². The summed E-state index contributed by atoms with van der Waals surface area (Å²) in [6, 6.07) is 19.8. The molecule has 1 fully saturated rings. The molecular weight excluding hydrogens is 502 g/mol. The monoisotopic (exact) mass is 529 g/mol. The van der Waals surface area contributed by atoms with E-state index >= 15 is 0 Å². The Morgan fingerprint density at radius 1 is 0.895 bits per heavy atom. The maximum atomic E-state index is 13.0. The number of anilines is 2. The van der Waals surface area contributed by atoms with Crippen molar-refractivity contribution in [2.75, 3.05) is 23.8 Å². The van der Waals surface area contributed by atoms with Gasteiger partial charge in [-0.2, -0.15) is 0 Å². The van der Waals surface area contributed by atoms with Gasteiger partial charge in [-0.1, -0.05) is 54.1 Å². The first-order valence-electron chi connectivity index (χ1n) is 11.9. The first kappa shape index (κ1) is 26.7. The number of hydrogen-bond acceptors (Lipinski definition) is 6. The molecule has 4 rings (SSSR count). The third-order valence-corrected chi connectivity index (χ3v) is 6.65. The molecule has 0 aliphatic carbocycles. The van der Waals surface area contributed by atoms with Gasteiger partial charge in [-0.3, -0.25) is 24.1 Å². The number of aryl methyl sites for hydroxylation is 3. The van der Waals surface area contributed by atoms with Crippen LogP contribution in [0.1, 0.15) is 22.3 Å². The summed E-state index contributed by atoms with van der Waals surface area (Å²) in [7, 11) is 0. The quantitative estimate of drug-likeness (QED) is 0.384. The summed E-state index contributed by atoms with van der Waals surface area (Å²) in [5.74, 6) is -0.983. The van der Waals surface area contributed by atoms with Gasteiger partial charge in [0.15, 0.2) is 6.61 Å². The Morgan fingerprint density at radius 2 is 1.55 bits per heavy atom. The van der Waals surface area contributed by atoms with Gasteiger partial charge in [0.05, 0.1) is 4.91 Å². The number of para-hydroxylation sites is 2. The van der Waals surface area contributed by atoms with E-state index in [9.17, 15) is 19.2 Å². The summed E-state index contributed by atoms with van der Waals surface area (Å²) in [6.45, 7) is 5.12. The van der Waals surface area contributed by atoms with Gasteiger partial charge in [-0.15, -0.1) is 0 Å². The van der Waals surface area contributed by atoms with E-state index < -0.39 is 23.6 Å². The molecule has 0 atom stereocenters. The van der Waals surface area contributed by atoms with Gasteiger partial charge in [-0.05, 0) is 67.9 Å². The fraction of sp³-hybridized carbons (Fsp3) is 0.172. The number of nitrogens with one attached hydrogen (secondary N) is 2. The minimum Gasteiger partial charge on any atom is -0.483 e. The second-order valence-corrected chi connectivity index (χ2v) is 9.82. The molecule has 2 N–H and O–H groups in total. The van der Waals surface area contributed by atoms with Crippen molar-refractivity contribution in [3.05, 3.63) is 93.9 Å². The lowest BCUT2D eigenvalue weighted by Crippen LogP contribution is -2.36. The number of thioether (sulfide) groups is 1. The molecule has 0 aromatic heterocycles. The Bertz CT molecular complexity index is 1410. The minimum atomic E-state index is -0.566. The van der Waals surface area contributed by atoms with E-state index in [4.69, 9.17) is 4.74 Å². The molecule has 1 saturated heterocycles. The van der Waals surface area contributed by atoms with E-state index in [2.05, 4.69) is 10.6 Å². The summed E-state index contributed by atoms with van der Waals surface area (Å²) in [5, 5.41) is 5.03. The van der Waals surface area contributed by atoms with Crippen molar-refractivity contribution in [3.63, 3.8) is 0 Å². The van der Waals surface area contributed by atoms with Crippen molar-refractivity contribution < 1.29 is 23.9 Å². The van der Waals surface area contributed by atoms with Gasteiger partial charge < -0.3 is 15.4 Å². The molecule has 9 heteroatoms. The van der Waals surface area contributed by atoms with Crippen LogP contribution in [-0.2, 0) is 14.4 Å². The predicted octanol–water partition coefficient (Wildman–Crippen LogP) is 5.30. The zero-order chi connectivity index (χ0) is 27.2. The number of rotatable bonds is 8. The predicted molar refractivity (Wildman–Crippen MR) is 149 cm³/mol. The molecule has 0 unspecified atom stereocenters. The zero-order valence-corrected chi connectivity index (χ0v) is 22.1. The van der Waals surface area contributed by atoms with Crippen molar-refractivity contribution in [1.82, 2.24) is 4.90 Å². The van der Waals surface area contributed by atoms with E-state index in [1.54, 1.807) is 36.4 Å². The number of hydrogen-bond donors (Lipinski definition) is 2. The Labute approximate surface area is 225 Å². The van der Waals surface area contributed by atoms with Crippen LogP contribution in [0.4, 0.5) is 16.2 Å². The Hall–Kier alpha value is -4.37. The molecule has 8 nitrogen and oxygen atoms in total. The summed E-state index contributed by atoms with van der Waals surface area (Å²) >= 11 is 0.752. The Kier molecular flexibility index (Phi) is 8.28. The van der Waals surface area contributed by atoms with Crippen LogP contribution in [0, 0.1) is 20.8 Å². The molecule has 38 heavy (non-hydrogen) atoms. The molecule has 0 saturated carbocycles. The molecule has 4 amide bonds. The fourth-order valence-corrected chi connectivity index (χ4v) is 4.90. The summed E-state index contributed by atoms with van der Waals surface area (Å²) < 4.78 is 5.69. The highest BCUT2D eigenvalue weighted by molar-refractivity contribution is 8.18. The highest BCUT2D eigenvalue weighted by atomic mass is 32.2. The number of amides is 4. The van der Waals surface area contributed by atoms with Gasteiger partial charge in [0.2, 0.25) is 5.91 Å². The molecule has 0 spiro atoms. The first-order valence-corrected chi connectivity index (χ1v) is 12.7. The second kappa shape index (κ2) is 11.8. The summed E-state index contributed by atoms with van der Waals surface area (Å²) in [6.07, 6.45) is 1.53. The van der Waals surface area contributed by atoms with E-state index in [0.717, 1.165) is 33.4 Å². The number of nitrogens with zero attached hydrogens (tertiary/aromatic N) is 1. The molecular formula is C29H27N3O5S. The van der Waals surface area contributed by atoms with Crippen molar-refractivity contribution in [3.8, 4) is 5.75 Å². The highest BCUT2D eigenvalue weighted by Gasteiger charge is 2.36. The highest BCUT2D eigenvalue weighted by Crippen LogP contribution is 2.34. The van der Waals surface area contributed by atoms with E-state index in [1.807, 2.05) is 51.1 Å². The number of carbonyl (C=O) groups excluding carboxylic acids is 4. The average Bonchev–Trinajstić information content (AvgIpc) is 3.13. The minimum absolute atomic E-state index is 0.162. The first-order chi connectivity index (χ1) is 18.2. The molecule has 0 bridgehead atoms.